The van der Waals surface area contributed by atoms with Crippen molar-refractivity contribution in [3.63, 3.8) is 0 Å². The van der Waals surface area contributed by atoms with E-state index in [4.69, 9.17) is 20.9 Å². The SMILES string of the molecule is Clc1cc(I)c(OCc2noc(-c3ccsc3)n2)c2ncccc12. The number of pyridine rings is 1. The standard InChI is InChI=1S/C16H9ClIN3O2S/c17-11-6-12(18)15(14-10(11)2-1-4-19-14)22-7-13-20-16(23-21-13)9-3-5-24-8-9/h1-6,8H,7H2. The van der Waals surface area contributed by atoms with Crippen LogP contribution < -0.4 is 4.74 Å². The van der Waals surface area contributed by atoms with E-state index in [1.807, 2.05) is 35.0 Å². The van der Waals surface area contributed by atoms with E-state index in [1.165, 1.54) is 0 Å². The Labute approximate surface area is 159 Å². The predicted molar refractivity (Wildman–Crippen MR) is 101 cm³/mol. The summed E-state index contributed by atoms with van der Waals surface area (Å²) in [6.45, 7) is 0.191. The van der Waals surface area contributed by atoms with Crippen LogP contribution in [0.4, 0.5) is 0 Å². The molecular weight excluding hydrogens is 461 g/mol. The van der Waals surface area contributed by atoms with Gasteiger partial charge in [0.15, 0.2) is 12.4 Å². The number of hydrogen-bond donors (Lipinski definition) is 0. The fourth-order valence-corrected chi connectivity index (χ4v) is 4.03. The number of ether oxygens (including phenoxy) is 1. The van der Waals surface area contributed by atoms with Gasteiger partial charge >= 0.3 is 0 Å². The molecule has 0 fully saturated rings. The van der Waals surface area contributed by atoms with Crippen molar-refractivity contribution in [2.24, 2.45) is 0 Å². The second-order valence-corrected chi connectivity index (χ2v) is 7.23. The number of nitrogens with zero attached hydrogens (tertiary/aromatic N) is 3. The van der Waals surface area contributed by atoms with Crippen LogP contribution in [0.3, 0.4) is 0 Å². The van der Waals surface area contributed by atoms with E-state index in [0.717, 1.165) is 20.0 Å². The molecule has 4 aromatic rings. The first-order valence-electron chi connectivity index (χ1n) is 6.93. The molecule has 120 valence electrons. The fraction of sp³-hybridized carbons (Fsp3) is 0.0625. The van der Waals surface area contributed by atoms with Crippen molar-refractivity contribution in [2.45, 2.75) is 6.61 Å². The van der Waals surface area contributed by atoms with Crippen LogP contribution in [0.5, 0.6) is 5.75 Å². The highest BCUT2D eigenvalue weighted by Gasteiger charge is 2.14. The van der Waals surface area contributed by atoms with Gasteiger partial charge in [-0.2, -0.15) is 16.3 Å². The molecule has 0 atom stereocenters. The summed E-state index contributed by atoms with van der Waals surface area (Å²) in [4.78, 5) is 8.73. The maximum Gasteiger partial charge on any atom is 0.258 e. The van der Waals surface area contributed by atoms with Crippen molar-refractivity contribution in [2.75, 3.05) is 0 Å². The van der Waals surface area contributed by atoms with Gasteiger partial charge in [-0.3, -0.25) is 4.98 Å². The summed E-state index contributed by atoms with van der Waals surface area (Å²) in [5, 5.41) is 9.37. The van der Waals surface area contributed by atoms with E-state index < -0.39 is 0 Å². The minimum atomic E-state index is 0.191. The summed E-state index contributed by atoms with van der Waals surface area (Å²) in [6, 6.07) is 7.55. The lowest BCUT2D eigenvalue weighted by molar-refractivity contribution is 0.288. The molecule has 1 aromatic carbocycles. The molecule has 24 heavy (non-hydrogen) atoms. The molecule has 0 N–H and O–H groups in total. The molecule has 0 radical (unpaired) electrons. The van der Waals surface area contributed by atoms with Crippen LogP contribution in [0.2, 0.25) is 5.02 Å². The second-order valence-electron chi connectivity index (χ2n) is 4.89. The molecule has 0 aliphatic rings. The molecule has 0 spiro atoms. The lowest BCUT2D eigenvalue weighted by atomic mass is 10.2. The highest BCUT2D eigenvalue weighted by atomic mass is 127. The van der Waals surface area contributed by atoms with Crippen molar-refractivity contribution >= 4 is 56.4 Å². The predicted octanol–water partition coefficient (Wildman–Crippen LogP) is 5.18. The summed E-state index contributed by atoms with van der Waals surface area (Å²) in [5.41, 5.74) is 1.63. The molecule has 0 unspecified atom stereocenters. The molecule has 0 saturated carbocycles. The number of rotatable bonds is 4. The highest BCUT2D eigenvalue weighted by Crippen LogP contribution is 2.35. The minimum absolute atomic E-state index is 0.191. The van der Waals surface area contributed by atoms with Crippen molar-refractivity contribution in [1.29, 1.82) is 0 Å². The van der Waals surface area contributed by atoms with Gasteiger partial charge in [-0.15, -0.1) is 0 Å². The Kier molecular flexibility index (Phi) is 4.38. The Balaban J connectivity index is 1.62. The van der Waals surface area contributed by atoms with Gasteiger partial charge in [-0.05, 0) is 52.2 Å². The van der Waals surface area contributed by atoms with Gasteiger partial charge in [0.05, 0.1) is 14.2 Å². The summed E-state index contributed by atoms with van der Waals surface area (Å²) in [5.74, 6) is 1.63. The molecule has 0 bridgehead atoms. The molecule has 0 aliphatic carbocycles. The summed E-state index contributed by atoms with van der Waals surface area (Å²) in [6.07, 6.45) is 1.71. The lowest BCUT2D eigenvalue weighted by Crippen LogP contribution is -2.00. The van der Waals surface area contributed by atoms with Crippen LogP contribution in [-0.4, -0.2) is 15.1 Å². The van der Waals surface area contributed by atoms with Crippen molar-refractivity contribution in [1.82, 2.24) is 15.1 Å². The number of thiophene rings is 1. The molecule has 5 nitrogen and oxygen atoms in total. The van der Waals surface area contributed by atoms with Crippen molar-refractivity contribution < 1.29 is 9.26 Å². The van der Waals surface area contributed by atoms with Gasteiger partial charge < -0.3 is 9.26 Å². The van der Waals surface area contributed by atoms with Crippen LogP contribution in [0, 0.1) is 3.57 Å². The van der Waals surface area contributed by atoms with Gasteiger partial charge in [0, 0.05) is 17.0 Å². The van der Waals surface area contributed by atoms with Gasteiger partial charge in [0.2, 0.25) is 5.82 Å². The fourth-order valence-electron chi connectivity index (χ4n) is 2.24. The lowest BCUT2D eigenvalue weighted by Gasteiger charge is -2.10. The number of hydrogen-bond acceptors (Lipinski definition) is 6. The van der Waals surface area contributed by atoms with E-state index in [0.29, 0.717) is 22.5 Å². The van der Waals surface area contributed by atoms with E-state index >= 15 is 0 Å². The first-order chi connectivity index (χ1) is 11.7. The van der Waals surface area contributed by atoms with Crippen molar-refractivity contribution in [3.8, 4) is 17.2 Å². The largest absolute Gasteiger partial charge is 0.482 e. The van der Waals surface area contributed by atoms with E-state index in [-0.39, 0.29) is 6.61 Å². The van der Waals surface area contributed by atoms with Crippen LogP contribution in [0.15, 0.2) is 45.7 Å². The van der Waals surface area contributed by atoms with E-state index in [9.17, 15) is 0 Å². The van der Waals surface area contributed by atoms with E-state index in [2.05, 4.69) is 37.7 Å². The third-order valence-electron chi connectivity index (χ3n) is 3.33. The van der Waals surface area contributed by atoms with Crippen molar-refractivity contribution in [3.05, 3.63) is 55.6 Å². The zero-order valence-corrected chi connectivity index (χ0v) is 15.8. The maximum absolute atomic E-state index is 6.27. The molecule has 0 aliphatic heterocycles. The zero-order valence-electron chi connectivity index (χ0n) is 12.1. The molecular formula is C16H9ClIN3O2S. The number of aromatic nitrogens is 3. The third kappa shape index (κ3) is 2.99. The Morgan fingerprint density at radius 2 is 2.25 bits per heavy atom. The van der Waals surface area contributed by atoms with Crippen LogP contribution in [-0.2, 0) is 6.61 Å². The molecule has 3 aromatic heterocycles. The third-order valence-corrected chi connectivity index (χ3v) is 5.13. The molecule has 8 heteroatoms. The summed E-state index contributed by atoms with van der Waals surface area (Å²) >= 11 is 10.0. The maximum atomic E-state index is 6.27. The average molecular weight is 470 g/mol. The zero-order chi connectivity index (χ0) is 16.5. The first kappa shape index (κ1) is 15.8. The smallest absolute Gasteiger partial charge is 0.258 e. The van der Waals surface area contributed by atoms with E-state index in [1.54, 1.807) is 17.5 Å². The Hall–Kier alpha value is -1.71. The van der Waals surface area contributed by atoms with Gasteiger partial charge in [-0.25, -0.2) is 0 Å². The first-order valence-corrected chi connectivity index (χ1v) is 9.33. The number of fused-ring (bicyclic) bond motifs is 1. The summed E-state index contributed by atoms with van der Waals surface area (Å²) < 4.78 is 12.1. The number of halogens is 2. The van der Waals surface area contributed by atoms with Crippen LogP contribution in [0.1, 0.15) is 5.82 Å². The van der Waals surface area contributed by atoms with Gasteiger partial charge in [-0.1, -0.05) is 16.8 Å². The molecule has 3 heterocycles. The molecule has 4 rings (SSSR count). The monoisotopic (exact) mass is 469 g/mol. The average Bonchev–Trinajstić information content (AvgIpc) is 3.26. The van der Waals surface area contributed by atoms with Crippen LogP contribution >= 0.6 is 45.5 Å². The normalized spacial score (nSPS) is 11.1. The topological polar surface area (TPSA) is 61.0 Å². The van der Waals surface area contributed by atoms with Gasteiger partial charge in [0.25, 0.3) is 5.89 Å². The minimum Gasteiger partial charge on any atom is -0.482 e. The molecule has 0 saturated heterocycles. The van der Waals surface area contributed by atoms with Gasteiger partial charge in [0.1, 0.15) is 5.52 Å². The number of benzene rings is 1. The molecule has 0 amide bonds. The Morgan fingerprint density at radius 3 is 3.08 bits per heavy atom. The summed E-state index contributed by atoms with van der Waals surface area (Å²) in [7, 11) is 0. The highest BCUT2D eigenvalue weighted by molar-refractivity contribution is 14.1. The Morgan fingerprint density at radius 1 is 1.33 bits per heavy atom. The Bertz CT molecular complexity index is 1000. The van der Waals surface area contributed by atoms with Crippen LogP contribution in [0.25, 0.3) is 22.4 Å². The quantitative estimate of drug-likeness (QED) is 0.385. The second kappa shape index (κ2) is 6.66.